The lowest BCUT2D eigenvalue weighted by Crippen LogP contribution is -2.28. The standard InChI is InChI=1S/C19H18ClN3O4/c20-13-1-5-15(6-2-13)23-10-12(9-18(23)25)19(26)22-14-3-7-16(8-4-14)27-11-17(21)24/h1-8,12H,9-11H2,(H2,21,24)(H,22,26). The molecule has 1 atom stereocenters. The van der Waals surface area contributed by atoms with Gasteiger partial charge in [-0.25, -0.2) is 0 Å². The third-order valence-electron chi connectivity index (χ3n) is 4.14. The molecule has 0 spiro atoms. The summed E-state index contributed by atoms with van der Waals surface area (Å²) in [7, 11) is 0. The zero-order chi connectivity index (χ0) is 19.4. The Balaban J connectivity index is 1.59. The molecule has 1 fully saturated rings. The van der Waals surface area contributed by atoms with E-state index in [0.717, 1.165) is 5.69 Å². The topological polar surface area (TPSA) is 102 Å². The average Bonchev–Trinajstić information content (AvgIpc) is 3.03. The highest BCUT2D eigenvalue weighted by molar-refractivity contribution is 6.30. The van der Waals surface area contributed by atoms with Gasteiger partial charge in [0.1, 0.15) is 5.75 Å². The van der Waals surface area contributed by atoms with Crippen LogP contribution in [-0.4, -0.2) is 30.9 Å². The number of nitrogens with two attached hydrogens (primary N) is 1. The number of rotatable bonds is 6. The van der Waals surface area contributed by atoms with E-state index < -0.39 is 11.8 Å². The van der Waals surface area contributed by atoms with Gasteiger partial charge < -0.3 is 20.7 Å². The summed E-state index contributed by atoms with van der Waals surface area (Å²) in [6, 6.07) is 13.5. The van der Waals surface area contributed by atoms with Crippen LogP contribution in [0.4, 0.5) is 11.4 Å². The molecule has 0 bridgehead atoms. The fourth-order valence-electron chi connectivity index (χ4n) is 2.79. The first kappa shape index (κ1) is 18.7. The molecule has 3 rings (SSSR count). The van der Waals surface area contributed by atoms with Crippen molar-refractivity contribution in [3.05, 3.63) is 53.6 Å². The van der Waals surface area contributed by atoms with E-state index in [9.17, 15) is 14.4 Å². The summed E-state index contributed by atoms with van der Waals surface area (Å²) in [5, 5.41) is 3.38. The number of hydrogen-bond donors (Lipinski definition) is 2. The molecule has 140 valence electrons. The van der Waals surface area contributed by atoms with E-state index in [4.69, 9.17) is 22.1 Å². The molecule has 1 aliphatic heterocycles. The minimum Gasteiger partial charge on any atom is -0.484 e. The molecule has 0 radical (unpaired) electrons. The number of benzene rings is 2. The largest absolute Gasteiger partial charge is 0.484 e. The van der Waals surface area contributed by atoms with E-state index in [1.807, 2.05) is 0 Å². The molecule has 3 N–H and O–H groups in total. The van der Waals surface area contributed by atoms with Crippen molar-refractivity contribution in [1.29, 1.82) is 0 Å². The van der Waals surface area contributed by atoms with Crippen LogP contribution < -0.4 is 20.7 Å². The van der Waals surface area contributed by atoms with Gasteiger partial charge in [0.25, 0.3) is 5.91 Å². The summed E-state index contributed by atoms with van der Waals surface area (Å²) in [5.41, 5.74) is 6.31. The quantitative estimate of drug-likeness (QED) is 0.793. The highest BCUT2D eigenvalue weighted by Gasteiger charge is 2.35. The SMILES string of the molecule is NC(=O)COc1ccc(NC(=O)C2CC(=O)N(c3ccc(Cl)cc3)C2)cc1. The number of carbonyl (C=O) groups excluding carboxylic acids is 3. The summed E-state index contributed by atoms with van der Waals surface area (Å²) >= 11 is 5.87. The predicted molar refractivity (Wildman–Crippen MR) is 102 cm³/mol. The summed E-state index contributed by atoms with van der Waals surface area (Å²) in [6.45, 7) is 0.0997. The number of amides is 3. The predicted octanol–water partition coefficient (Wildman–Crippen LogP) is 2.20. The van der Waals surface area contributed by atoms with Crippen molar-refractivity contribution in [2.24, 2.45) is 11.7 Å². The number of nitrogens with zero attached hydrogens (tertiary/aromatic N) is 1. The third-order valence-corrected chi connectivity index (χ3v) is 4.39. The number of anilines is 2. The monoisotopic (exact) mass is 387 g/mol. The molecule has 0 aromatic heterocycles. The van der Waals surface area contributed by atoms with E-state index in [2.05, 4.69) is 5.32 Å². The van der Waals surface area contributed by atoms with Crippen molar-refractivity contribution in [3.8, 4) is 5.75 Å². The molecular formula is C19H18ClN3O4. The van der Waals surface area contributed by atoms with Gasteiger partial charge in [-0.2, -0.15) is 0 Å². The fourth-order valence-corrected chi connectivity index (χ4v) is 2.91. The number of carbonyl (C=O) groups is 3. The van der Waals surface area contributed by atoms with Gasteiger partial charge in [-0.1, -0.05) is 11.6 Å². The van der Waals surface area contributed by atoms with Crippen LogP contribution >= 0.6 is 11.6 Å². The second kappa shape index (κ2) is 8.09. The summed E-state index contributed by atoms with van der Waals surface area (Å²) in [5.74, 6) is -0.877. The van der Waals surface area contributed by atoms with Gasteiger partial charge in [-0.15, -0.1) is 0 Å². The van der Waals surface area contributed by atoms with Gasteiger partial charge >= 0.3 is 0 Å². The van der Waals surface area contributed by atoms with Crippen LogP contribution in [0.2, 0.25) is 5.02 Å². The molecular weight excluding hydrogens is 370 g/mol. The Labute approximate surface area is 161 Å². The number of halogens is 1. The van der Waals surface area contributed by atoms with E-state index in [1.54, 1.807) is 53.4 Å². The van der Waals surface area contributed by atoms with Gasteiger partial charge in [-0.05, 0) is 48.5 Å². The molecule has 2 aromatic rings. The molecule has 2 aromatic carbocycles. The first-order chi connectivity index (χ1) is 12.9. The van der Waals surface area contributed by atoms with Gasteiger partial charge in [0.05, 0.1) is 5.92 Å². The summed E-state index contributed by atoms with van der Waals surface area (Å²) in [6.07, 6.45) is 0.147. The fraction of sp³-hybridized carbons (Fsp3) is 0.211. The highest BCUT2D eigenvalue weighted by atomic mass is 35.5. The average molecular weight is 388 g/mol. The number of hydrogen-bond acceptors (Lipinski definition) is 4. The van der Waals surface area contributed by atoms with Gasteiger partial charge in [-0.3, -0.25) is 14.4 Å². The Kier molecular flexibility index (Phi) is 5.61. The van der Waals surface area contributed by atoms with E-state index in [-0.39, 0.29) is 24.8 Å². The maximum Gasteiger partial charge on any atom is 0.255 e. The van der Waals surface area contributed by atoms with Crippen LogP contribution in [0.3, 0.4) is 0 Å². The van der Waals surface area contributed by atoms with Gasteiger partial charge in [0.15, 0.2) is 6.61 Å². The van der Waals surface area contributed by atoms with Crippen LogP contribution in [-0.2, 0) is 14.4 Å². The molecule has 27 heavy (non-hydrogen) atoms. The third kappa shape index (κ3) is 4.77. The minimum absolute atomic E-state index is 0.104. The smallest absolute Gasteiger partial charge is 0.255 e. The lowest BCUT2D eigenvalue weighted by Gasteiger charge is -2.16. The maximum absolute atomic E-state index is 12.5. The molecule has 1 heterocycles. The van der Waals surface area contributed by atoms with Crippen LogP contribution in [0.15, 0.2) is 48.5 Å². The summed E-state index contributed by atoms with van der Waals surface area (Å²) < 4.78 is 5.16. The molecule has 3 amide bonds. The van der Waals surface area contributed by atoms with Crippen molar-refractivity contribution in [2.45, 2.75) is 6.42 Å². The molecule has 1 aliphatic rings. The first-order valence-corrected chi connectivity index (χ1v) is 8.68. The Morgan fingerprint density at radius 1 is 1.15 bits per heavy atom. The Morgan fingerprint density at radius 3 is 2.44 bits per heavy atom. The zero-order valence-electron chi connectivity index (χ0n) is 14.4. The Hall–Kier alpha value is -3.06. The molecule has 7 nitrogen and oxygen atoms in total. The maximum atomic E-state index is 12.5. The van der Waals surface area contributed by atoms with Crippen LogP contribution in [0.1, 0.15) is 6.42 Å². The van der Waals surface area contributed by atoms with Crippen molar-refractivity contribution in [3.63, 3.8) is 0 Å². The second-order valence-corrected chi connectivity index (χ2v) is 6.59. The lowest BCUT2D eigenvalue weighted by molar-refractivity contribution is -0.122. The van der Waals surface area contributed by atoms with Crippen LogP contribution in [0.25, 0.3) is 0 Å². The van der Waals surface area contributed by atoms with Crippen LogP contribution in [0, 0.1) is 5.92 Å². The van der Waals surface area contributed by atoms with Crippen molar-refractivity contribution < 1.29 is 19.1 Å². The van der Waals surface area contributed by atoms with E-state index >= 15 is 0 Å². The number of nitrogens with one attached hydrogen (secondary N) is 1. The second-order valence-electron chi connectivity index (χ2n) is 6.15. The molecule has 1 unspecified atom stereocenters. The normalized spacial score (nSPS) is 16.3. The van der Waals surface area contributed by atoms with Gasteiger partial charge in [0, 0.05) is 29.4 Å². The lowest BCUT2D eigenvalue weighted by atomic mass is 10.1. The molecule has 1 saturated heterocycles. The summed E-state index contributed by atoms with van der Waals surface area (Å²) in [4.78, 5) is 37.0. The van der Waals surface area contributed by atoms with E-state index in [0.29, 0.717) is 23.0 Å². The Bertz CT molecular complexity index is 852. The van der Waals surface area contributed by atoms with Crippen molar-refractivity contribution in [2.75, 3.05) is 23.4 Å². The molecule has 0 aliphatic carbocycles. The van der Waals surface area contributed by atoms with E-state index in [1.165, 1.54) is 0 Å². The van der Waals surface area contributed by atoms with Crippen molar-refractivity contribution in [1.82, 2.24) is 0 Å². The van der Waals surface area contributed by atoms with Crippen molar-refractivity contribution >= 4 is 40.7 Å². The number of primary amides is 1. The van der Waals surface area contributed by atoms with Gasteiger partial charge in [0.2, 0.25) is 11.8 Å². The highest BCUT2D eigenvalue weighted by Crippen LogP contribution is 2.27. The van der Waals surface area contributed by atoms with Crippen LogP contribution in [0.5, 0.6) is 5.75 Å². The molecule has 0 saturated carbocycles. The zero-order valence-corrected chi connectivity index (χ0v) is 15.1. The first-order valence-electron chi connectivity index (χ1n) is 8.30. The minimum atomic E-state index is -0.566. The number of ether oxygens (including phenoxy) is 1. The Morgan fingerprint density at radius 2 is 1.81 bits per heavy atom. The molecule has 8 heteroatoms.